The van der Waals surface area contributed by atoms with Gasteiger partial charge in [-0.25, -0.2) is 0 Å². The summed E-state index contributed by atoms with van der Waals surface area (Å²) >= 11 is 0. The smallest absolute Gasteiger partial charge is 0.304 e. The van der Waals surface area contributed by atoms with E-state index in [1.807, 2.05) is 13.8 Å². The van der Waals surface area contributed by atoms with Gasteiger partial charge in [0, 0.05) is 26.2 Å². The van der Waals surface area contributed by atoms with E-state index < -0.39 is 5.97 Å². The van der Waals surface area contributed by atoms with E-state index in [1.54, 1.807) is 0 Å². The van der Waals surface area contributed by atoms with Gasteiger partial charge in [0.2, 0.25) is 0 Å². The van der Waals surface area contributed by atoms with Gasteiger partial charge in [0.1, 0.15) is 0 Å². The molecule has 0 aliphatic rings. The standard InChI is InChI=1S/C13H27NO3/c1-11(2)10-14(8-6-13(15)16)7-5-9-17-12(3)4/h11-12H,5-10H2,1-4H3,(H,15,16). The molecule has 0 aromatic rings. The van der Waals surface area contributed by atoms with Crippen LogP contribution in [-0.4, -0.2) is 48.3 Å². The number of carboxylic acids is 1. The predicted molar refractivity (Wildman–Crippen MR) is 69.2 cm³/mol. The first-order chi connectivity index (χ1) is 7.91. The Hall–Kier alpha value is -0.610. The third-order valence-electron chi connectivity index (χ3n) is 2.34. The van der Waals surface area contributed by atoms with Crippen LogP contribution in [0.2, 0.25) is 0 Å². The van der Waals surface area contributed by atoms with E-state index in [-0.39, 0.29) is 12.5 Å². The first kappa shape index (κ1) is 16.4. The maximum absolute atomic E-state index is 10.6. The molecule has 0 fully saturated rings. The number of carbonyl (C=O) groups is 1. The summed E-state index contributed by atoms with van der Waals surface area (Å²) in [6.45, 7) is 11.6. The van der Waals surface area contributed by atoms with Gasteiger partial charge in [-0.3, -0.25) is 4.79 Å². The second-order valence-electron chi connectivity index (χ2n) is 5.11. The number of hydrogen-bond donors (Lipinski definition) is 1. The molecule has 0 heterocycles. The molecule has 0 spiro atoms. The highest BCUT2D eigenvalue weighted by atomic mass is 16.5. The Morgan fingerprint density at radius 3 is 2.35 bits per heavy atom. The summed E-state index contributed by atoms with van der Waals surface area (Å²) in [6.07, 6.45) is 1.45. The van der Waals surface area contributed by atoms with E-state index in [1.165, 1.54) is 0 Å². The predicted octanol–water partition coefficient (Wildman–Crippen LogP) is 2.23. The van der Waals surface area contributed by atoms with Crippen molar-refractivity contribution in [1.29, 1.82) is 0 Å². The highest BCUT2D eigenvalue weighted by molar-refractivity contribution is 5.66. The van der Waals surface area contributed by atoms with Crippen molar-refractivity contribution in [1.82, 2.24) is 4.90 Å². The second-order valence-corrected chi connectivity index (χ2v) is 5.11. The maximum atomic E-state index is 10.6. The minimum absolute atomic E-state index is 0.220. The van der Waals surface area contributed by atoms with E-state index in [4.69, 9.17) is 9.84 Å². The molecule has 0 rings (SSSR count). The summed E-state index contributed by atoms with van der Waals surface area (Å²) in [4.78, 5) is 12.8. The van der Waals surface area contributed by atoms with Crippen LogP contribution in [0.4, 0.5) is 0 Å². The van der Waals surface area contributed by atoms with Crippen molar-refractivity contribution in [2.45, 2.75) is 46.6 Å². The van der Waals surface area contributed by atoms with E-state index >= 15 is 0 Å². The fraction of sp³-hybridized carbons (Fsp3) is 0.923. The molecule has 1 N–H and O–H groups in total. The number of carboxylic acid groups (broad SMARTS) is 1. The maximum Gasteiger partial charge on any atom is 0.304 e. The molecule has 102 valence electrons. The van der Waals surface area contributed by atoms with Crippen molar-refractivity contribution in [2.75, 3.05) is 26.2 Å². The largest absolute Gasteiger partial charge is 0.481 e. The molecule has 0 saturated carbocycles. The highest BCUT2D eigenvalue weighted by Gasteiger charge is 2.09. The van der Waals surface area contributed by atoms with E-state index in [2.05, 4.69) is 18.7 Å². The molecule has 4 heteroatoms. The van der Waals surface area contributed by atoms with Crippen LogP contribution in [0.15, 0.2) is 0 Å². The third kappa shape index (κ3) is 11.6. The van der Waals surface area contributed by atoms with Crippen molar-refractivity contribution in [3.05, 3.63) is 0 Å². The molecule has 0 aromatic carbocycles. The molecule has 0 atom stereocenters. The van der Waals surface area contributed by atoms with Crippen molar-refractivity contribution >= 4 is 5.97 Å². The Bertz CT molecular complexity index is 205. The van der Waals surface area contributed by atoms with Crippen LogP contribution < -0.4 is 0 Å². The molecular formula is C13H27NO3. The minimum Gasteiger partial charge on any atom is -0.481 e. The normalized spacial score (nSPS) is 11.7. The lowest BCUT2D eigenvalue weighted by Gasteiger charge is -2.23. The lowest BCUT2D eigenvalue weighted by molar-refractivity contribution is -0.137. The van der Waals surface area contributed by atoms with Crippen LogP contribution in [0, 0.1) is 5.92 Å². The Morgan fingerprint density at radius 2 is 1.88 bits per heavy atom. The molecular weight excluding hydrogens is 218 g/mol. The average molecular weight is 245 g/mol. The van der Waals surface area contributed by atoms with Gasteiger partial charge in [0.05, 0.1) is 12.5 Å². The summed E-state index contributed by atoms with van der Waals surface area (Å²) in [5.41, 5.74) is 0. The molecule has 4 nitrogen and oxygen atoms in total. The van der Waals surface area contributed by atoms with Gasteiger partial charge in [-0.15, -0.1) is 0 Å². The Morgan fingerprint density at radius 1 is 1.24 bits per heavy atom. The van der Waals surface area contributed by atoms with Crippen LogP contribution >= 0.6 is 0 Å². The number of rotatable bonds is 10. The molecule has 0 aliphatic heterocycles. The Balaban J connectivity index is 3.80. The monoisotopic (exact) mass is 245 g/mol. The fourth-order valence-electron chi connectivity index (χ4n) is 1.67. The zero-order valence-electron chi connectivity index (χ0n) is 11.6. The van der Waals surface area contributed by atoms with Crippen LogP contribution in [0.3, 0.4) is 0 Å². The van der Waals surface area contributed by atoms with Gasteiger partial charge in [-0.1, -0.05) is 13.8 Å². The zero-order chi connectivity index (χ0) is 13.3. The molecule has 0 aromatic heterocycles. The first-order valence-corrected chi connectivity index (χ1v) is 6.47. The van der Waals surface area contributed by atoms with E-state index in [9.17, 15) is 4.79 Å². The SMILES string of the molecule is CC(C)CN(CCCOC(C)C)CCC(=O)O. The van der Waals surface area contributed by atoms with Crippen LogP contribution in [0.5, 0.6) is 0 Å². The third-order valence-corrected chi connectivity index (χ3v) is 2.34. The van der Waals surface area contributed by atoms with Crippen molar-refractivity contribution < 1.29 is 14.6 Å². The lowest BCUT2D eigenvalue weighted by atomic mass is 10.2. The Kier molecular flexibility index (Phi) is 9.09. The number of hydrogen-bond acceptors (Lipinski definition) is 3. The molecule has 0 saturated heterocycles. The lowest BCUT2D eigenvalue weighted by Crippen LogP contribution is -2.31. The van der Waals surface area contributed by atoms with Crippen LogP contribution in [0.25, 0.3) is 0 Å². The van der Waals surface area contributed by atoms with E-state index in [0.717, 1.165) is 26.1 Å². The van der Waals surface area contributed by atoms with Gasteiger partial charge in [-0.2, -0.15) is 0 Å². The molecule has 17 heavy (non-hydrogen) atoms. The fourth-order valence-corrected chi connectivity index (χ4v) is 1.67. The molecule has 0 radical (unpaired) electrons. The van der Waals surface area contributed by atoms with E-state index in [0.29, 0.717) is 12.5 Å². The summed E-state index contributed by atoms with van der Waals surface area (Å²) in [6, 6.07) is 0. The van der Waals surface area contributed by atoms with Gasteiger partial charge in [0.25, 0.3) is 0 Å². The van der Waals surface area contributed by atoms with Gasteiger partial charge < -0.3 is 14.7 Å². The quantitative estimate of drug-likeness (QED) is 0.600. The molecule has 0 bridgehead atoms. The summed E-state index contributed by atoms with van der Waals surface area (Å²) in [7, 11) is 0. The number of nitrogens with zero attached hydrogens (tertiary/aromatic N) is 1. The van der Waals surface area contributed by atoms with Crippen molar-refractivity contribution in [3.63, 3.8) is 0 Å². The van der Waals surface area contributed by atoms with Crippen molar-refractivity contribution in [3.8, 4) is 0 Å². The molecule has 0 amide bonds. The van der Waals surface area contributed by atoms with Crippen LogP contribution in [-0.2, 0) is 9.53 Å². The molecule has 0 unspecified atom stereocenters. The Labute approximate surface area is 105 Å². The first-order valence-electron chi connectivity index (χ1n) is 6.47. The van der Waals surface area contributed by atoms with Gasteiger partial charge in [0.15, 0.2) is 0 Å². The average Bonchev–Trinajstić information content (AvgIpc) is 2.19. The second kappa shape index (κ2) is 9.42. The minimum atomic E-state index is -0.725. The summed E-state index contributed by atoms with van der Waals surface area (Å²) < 4.78 is 5.48. The highest BCUT2D eigenvalue weighted by Crippen LogP contribution is 2.02. The topological polar surface area (TPSA) is 49.8 Å². The number of aliphatic carboxylic acids is 1. The summed E-state index contributed by atoms with van der Waals surface area (Å²) in [5, 5.41) is 8.69. The van der Waals surface area contributed by atoms with Crippen molar-refractivity contribution in [2.24, 2.45) is 5.92 Å². The van der Waals surface area contributed by atoms with Gasteiger partial charge in [-0.05, 0) is 26.2 Å². The zero-order valence-corrected chi connectivity index (χ0v) is 11.6. The number of ether oxygens (including phenoxy) is 1. The molecule has 0 aliphatic carbocycles. The summed E-state index contributed by atoms with van der Waals surface area (Å²) in [5.74, 6) is -0.160. The van der Waals surface area contributed by atoms with Crippen LogP contribution in [0.1, 0.15) is 40.5 Å². The van der Waals surface area contributed by atoms with Gasteiger partial charge >= 0.3 is 5.97 Å².